The second-order valence-electron chi connectivity index (χ2n) is 4.24. The van der Waals surface area contributed by atoms with Crippen molar-refractivity contribution in [3.63, 3.8) is 0 Å². The Bertz CT molecular complexity index is 177. The van der Waals surface area contributed by atoms with Crippen molar-refractivity contribution in [2.45, 2.75) is 51.0 Å². The maximum atomic E-state index is 11.9. The molecule has 0 aromatic rings. The van der Waals surface area contributed by atoms with Gasteiger partial charge in [-0.05, 0) is 32.1 Å². The summed E-state index contributed by atoms with van der Waals surface area (Å²) in [7, 11) is 0. The van der Waals surface area contributed by atoms with Crippen molar-refractivity contribution in [2.75, 3.05) is 6.61 Å². The van der Waals surface area contributed by atoms with E-state index in [0.29, 0.717) is 11.7 Å². The van der Waals surface area contributed by atoms with Crippen molar-refractivity contribution in [1.82, 2.24) is 0 Å². The van der Waals surface area contributed by atoms with Crippen molar-refractivity contribution >= 4 is 5.78 Å². The van der Waals surface area contributed by atoms with Crippen molar-refractivity contribution in [3.05, 3.63) is 0 Å². The highest BCUT2D eigenvalue weighted by atomic mass is 16.5. The van der Waals surface area contributed by atoms with E-state index in [0.717, 1.165) is 32.3 Å². The van der Waals surface area contributed by atoms with Gasteiger partial charge in [0, 0.05) is 12.5 Å². The molecule has 13 heavy (non-hydrogen) atoms. The van der Waals surface area contributed by atoms with Crippen LogP contribution in [0.5, 0.6) is 0 Å². The first kappa shape index (κ1) is 9.20. The lowest BCUT2D eigenvalue weighted by molar-refractivity contribution is -0.137. The molecule has 2 heteroatoms. The van der Waals surface area contributed by atoms with E-state index in [-0.39, 0.29) is 6.10 Å². The summed E-state index contributed by atoms with van der Waals surface area (Å²) >= 11 is 0. The molecule has 0 spiro atoms. The van der Waals surface area contributed by atoms with Crippen LogP contribution in [0.4, 0.5) is 0 Å². The predicted octanol–water partition coefficient (Wildman–Crippen LogP) is 2.31. The topological polar surface area (TPSA) is 26.3 Å². The number of hydrogen-bond acceptors (Lipinski definition) is 2. The zero-order chi connectivity index (χ0) is 9.10. The van der Waals surface area contributed by atoms with Crippen LogP contribution < -0.4 is 0 Å². The maximum absolute atomic E-state index is 11.9. The van der Waals surface area contributed by atoms with E-state index in [1.54, 1.807) is 0 Å². The number of rotatable bonds is 2. The van der Waals surface area contributed by atoms with Gasteiger partial charge >= 0.3 is 0 Å². The van der Waals surface area contributed by atoms with Crippen LogP contribution in [0.2, 0.25) is 0 Å². The fourth-order valence-electron chi connectivity index (χ4n) is 2.44. The van der Waals surface area contributed by atoms with Gasteiger partial charge in [-0.3, -0.25) is 4.79 Å². The number of Topliss-reactive ketones (excluding diaryl/α,β-unsaturated/α-hetero) is 1. The average Bonchev–Trinajstić information content (AvgIpc) is 2.71. The monoisotopic (exact) mass is 182 g/mol. The molecule has 0 N–H and O–H groups in total. The summed E-state index contributed by atoms with van der Waals surface area (Å²) in [6.07, 6.45) is 7.92. The minimum Gasteiger partial charge on any atom is -0.370 e. The van der Waals surface area contributed by atoms with Gasteiger partial charge in [-0.1, -0.05) is 12.8 Å². The normalized spacial score (nSPS) is 30.6. The fraction of sp³-hybridized carbons (Fsp3) is 0.909. The van der Waals surface area contributed by atoms with Gasteiger partial charge in [0.2, 0.25) is 0 Å². The molecule has 2 fully saturated rings. The van der Waals surface area contributed by atoms with Gasteiger partial charge < -0.3 is 4.74 Å². The van der Waals surface area contributed by atoms with Gasteiger partial charge in [-0.25, -0.2) is 0 Å². The Morgan fingerprint density at radius 2 is 1.69 bits per heavy atom. The summed E-state index contributed by atoms with van der Waals surface area (Å²) in [5, 5.41) is 0. The van der Waals surface area contributed by atoms with Crippen molar-refractivity contribution in [3.8, 4) is 0 Å². The largest absolute Gasteiger partial charge is 0.370 e. The molecule has 1 unspecified atom stereocenters. The van der Waals surface area contributed by atoms with Gasteiger partial charge in [-0.15, -0.1) is 0 Å². The van der Waals surface area contributed by atoms with Crippen LogP contribution >= 0.6 is 0 Å². The first-order valence-corrected chi connectivity index (χ1v) is 5.53. The molecule has 1 heterocycles. The minimum atomic E-state index is -0.0446. The number of carbonyl (C=O) groups is 1. The molecule has 0 aromatic carbocycles. The van der Waals surface area contributed by atoms with Crippen molar-refractivity contribution in [1.29, 1.82) is 0 Å². The van der Waals surface area contributed by atoms with Gasteiger partial charge in [0.1, 0.15) is 6.10 Å². The van der Waals surface area contributed by atoms with Crippen molar-refractivity contribution in [2.24, 2.45) is 5.92 Å². The Balaban J connectivity index is 1.87. The molecular formula is C11H18O2. The van der Waals surface area contributed by atoms with E-state index in [1.807, 2.05) is 0 Å². The molecule has 2 rings (SSSR count). The van der Waals surface area contributed by atoms with Gasteiger partial charge in [0.25, 0.3) is 0 Å². The predicted molar refractivity (Wildman–Crippen MR) is 50.6 cm³/mol. The molecule has 1 saturated heterocycles. The molecule has 0 radical (unpaired) electrons. The zero-order valence-electron chi connectivity index (χ0n) is 8.13. The quantitative estimate of drug-likeness (QED) is 0.655. The molecule has 74 valence electrons. The highest BCUT2D eigenvalue weighted by Gasteiger charge is 2.30. The summed E-state index contributed by atoms with van der Waals surface area (Å²) in [5.41, 5.74) is 0. The third-order valence-corrected chi connectivity index (χ3v) is 3.25. The lowest BCUT2D eigenvalue weighted by Crippen LogP contribution is -2.32. The standard InChI is InChI=1S/C11H18O2/c12-11(9-5-1-2-6-9)10-7-3-4-8-13-10/h9-10H,1-8H2. The van der Waals surface area contributed by atoms with E-state index >= 15 is 0 Å². The molecule has 0 amide bonds. The maximum Gasteiger partial charge on any atom is 0.164 e. The molecule has 2 nitrogen and oxygen atoms in total. The van der Waals surface area contributed by atoms with Crippen LogP contribution in [-0.4, -0.2) is 18.5 Å². The van der Waals surface area contributed by atoms with Crippen LogP contribution in [-0.2, 0) is 9.53 Å². The summed E-state index contributed by atoms with van der Waals surface area (Å²) in [6, 6.07) is 0. The van der Waals surface area contributed by atoms with E-state index in [2.05, 4.69) is 0 Å². The number of ketones is 1. The highest BCUT2D eigenvalue weighted by molar-refractivity contribution is 5.85. The molecule has 1 aliphatic carbocycles. The van der Waals surface area contributed by atoms with Crippen LogP contribution in [0.1, 0.15) is 44.9 Å². The Morgan fingerprint density at radius 3 is 2.31 bits per heavy atom. The number of carbonyl (C=O) groups excluding carboxylic acids is 1. The summed E-state index contributed by atoms with van der Waals surface area (Å²) in [6.45, 7) is 0.795. The Labute approximate surface area is 79.7 Å². The number of hydrogen-bond donors (Lipinski definition) is 0. The molecule has 1 atom stereocenters. The van der Waals surface area contributed by atoms with Gasteiger partial charge in [0.05, 0.1) is 0 Å². The fourth-order valence-corrected chi connectivity index (χ4v) is 2.44. The van der Waals surface area contributed by atoms with E-state index < -0.39 is 0 Å². The average molecular weight is 182 g/mol. The zero-order valence-corrected chi connectivity index (χ0v) is 8.13. The minimum absolute atomic E-state index is 0.0446. The highest BCUT2D eigenvalue weighted by Crippen LogP contribution is 2.29. The van der Waals surface area contributed by atoms with Crippen LogP contribution in [0.3, 0.4) is 0 Å². The smallest absolute Gasteiger partial charge is 0.164 e. The van der Waals surface area contributed by atoms with Gasteiger partial charge in [-0.2, -0.15) is 0 Å². The second-order valence-corrected chi connectivity index (χ2v) is 4.24. The molecule has 0 bridgehead atoms. The molecule has 1 saturated carbocycles. The first-order chi connectivity index (χ1) is 6.38. The van der Waals surface area contributed by atoms with Crippen LogP contribution in [0, 0.1) is 5.92 Å². The molecular weight excluding hydrogens is 164 g/mol. The Morgan fingerprint density at radius 1 is 1.00 bits per heavy atom. The third-order valence-electron chi connectivity index (χ3n) is 3.25. The first-order valence-electron chi connectivity index (χ1n) is 5.53. The van der Waals surface area contributed by atoms with Crippen LogP contribution in [0.25, 0.3) is 0 Å². The Kier molecular flexibility index (Phi) is 2.99. The second kappa shape index (κ2) is 4.23. The number of ether oxygens (including phenoxy) is 1. The third kappa shape index (κ3) is 2.11. The van der Waals surface area contributed by atoms with E-state index in [1.165, 1.54) is 19.3 Å². The lowest BCUT2D eigenvalue weighted by atomic mass is 9.94. The van der Waals surface area contributed by atoms with Crippen LogP contribution in [0.15, 0.2) is 0 Å². The SMILES string of the molecule is O=C(C1CCCC1)C1CCCCO1. The lowest BCUT2D eigenvalue weighted by Gasteiger charge is -2.23. The van der Waals surface area contributed by atoms with E-state index in [4.69, 9.17) is 4.74 Å². The Hall–Kier alpha value is -0.370. The summed E-state index contributed by atoms with van der Waals surface area (Å²) < 4.78 is 5.50. The molecule has 0 aromatic heterocycles. The van der Waals surface area contributed by atoms with Gasteiger partial charge in [0.15, 0.2) is 5.78 Å². The van der Waals surface area contributed by atoms with Crippen molar-refractivity contribution < 1.29 is 9.53 Å². The summed E-state index contributed by atoms with van der Waals surface area (Å²) in [4.78, 5) is 11.9. The molecule has 1 aliphatic heterocycles. The van der Waals surface area contributed by atoms with E-state index in [9.17, 15) is 4.79 Å². The summed E-state index contributed by atoms with van der Waals surface area (Å²) in [5.74, 6) is 0.736. The molecule has 2 aliphatic rings.